The second-order valence-corrected chi connectivity index (χ2v) is 7.68. The van der Waals surface area contributed by atoms with Gasteiger partial charge in [-0.2, -0.15) is 10.1 Å². The molecule has 0 bridgehead atoms. The number of nitrogens with one attached hydrogen (secondary N) is 1. The predicted molar refractivity (Wildman–Crippen MR) is 114 cm³/mol. The molecule has 1 aromatic heterocycles. The number of aromatic nitrogens is 4. The van der Waals surface area contributed by atoms with Crippen LogP contribution in [-0.2, 0) is 4.79 Å². The van der Waals surface area contributed by atoms with Crippen LogP contribution in [0.3, 0.4) is 0 Å². The average Bonchev–Trinajstić information content (AvgIpc) is 3.20. The van der Waals surface area contributed by atoms with Gasteiger partial charge in [0.05, 0.1) is 11.8 Å². The van der Waals surface area contributed by atoms with E-state index in [2.05, 4.69) is 26.8 Å². The summed E-state index contributed by atoms with van der Waals surface area (Å²) < 4.78 is 0. The first kappa shape index (κ1) is 20.8. The van der Waals surface area contributed by atoms with Crippen LogP contribution < -0.4 is 5.32 Å². The zero-order chi connectivity index (χ0) is 20.6. The Bertz CT molecular complexity index is 1010. The normalized spacial score (nSPS) is 11.6. The summed E-state index contributed by atoms with van der Waals surface area (Å²) in [5.74, 6) is 0.872. The van der Waals surface area contributed by atoms with Gasteiger partial charge in [-0.1, -0.05) is 30.7 Å². The number of nitrogens with zero attached hydrogens (tertiary/aromatic N) is 5. The van der Waals surface area contributed by atoms with Crippen LogP contribution in [0.25, 0.3) is 11.4 Å². The number of thioether (sulfide) groups is 1. The van der Waals surface area contributed by atoms with Gasteiger partial charge in [-0.05, 0) is 48.0 Å². The predicted octanol–water partition coefficient (Wildman–Crippen LogP) is 4.59. The minimum absolute atomic E-state index is 0.221. The number of amides is 1. The van der Waals surface area contributed by atoms with E-state index >= 15 is 0 Å². The summed E-state index contributed by atoms with van der Waals surface area (Å²) in [6.07, 6.45) is 0.951. The number of carbonyl (C=O) groups excluding carboxylic acids is 1. The van der Waals surface area contributed by atoms with Crippen molar-refractivity contribution in [3.63, 3.8) is 0 Å². The molecule has 29 heavy (non-hydrogen) atoms. The van der Waals surface area contributed by atoms with Gasteiger partial charge in [0.2, 0.25) is 5.82 Å². The smallest absolute Gasteiger partial charge is 0.251 e. The quantitative estimate of drug-likeness (QED) is 0.418. The van der Waals surface area contributed by atoms with Gasteiger partial charge >= 0.3 is 0 Å². The van der Waals surface area contributed by atoms with Crippen LogP contribution in [0.15, 0.2) is 53.4 Å². The highest BCUT2D eigenvalue weighted by atomic mass is 35.5. The Morgan fingerprint density at radius 1 is 1.28 bits per heavy atom. The van der Waals surface area contributed by atoms with E-state index in [-0.39, 0.29) is 5.91 Å². The van der Waals surface area contributed by atoms with Crippen molar-refractivity contribution in [2.75, 3.05) is 11.1 Å². The Morgan fingerprint density at radius 2 is 2.03 bits per heavy atom. The van der Waals surface area contributed by atoms with Crippen LogP contribution in [0.2, 0.25) is 5.02 Å². The van der Waals surface area contributed by atoms with Crippen molar-refractivity contribution < 1.29 is 4.79 Å². The topological polar surface area (TPSA) is 96.5 Å². The number of benzene rings is 2. The second-order valence-electron chi connectivity index (χ2n) is 6.11. The fraction of sp³-hybridized carbons (Fsp3) is 0.250. The lowest BCUT2D eigenvalue weighted by Gasteiger charge is -2.15. The molecule has 2 aromatic carbocycles. The van der Waals surface area contributed by atoms with Crippen molar-refractivity contribution >= 4 is 35.0 Å². The van der Waals surface area contributed by atoms with Crippen molar-refractivity contribution in [1.82, 2.24) is 20.2 Å². The van der Waals surface area contributed by atoms with E-state index in [1.807, 2.05) is 31.2 Å². The zero-order valence-electron chi connectivity index (χ0n) is 15.7. The number of para-hydroxylation sites is 1. The van der Waals surface area contributed by atoms with Gasteiger partial charge in [-0.25, -0.2) is 0 Å². The van der Waals surface area contributed by atoms with Crippen LogP contribution in [0.5, 0.6) is 0 Å². The molecule has 1 atom stereocenters. The van der Waals surface area contributed by atoms with Crippen molar-refractivity contribution in [3.8, 4) is 17.5 Å². The summed E-state index contributed by atoms with van der Waals surface area (Å²) in [5, 5.41) is 24.8. The Labute approximate surface area is 178 Å². The minimum atomic E-state index is -0.597. The maximum absolute atomic E-state index is 12.9. The second kappa shape index (κ2) is 10.0. The molecule has 7 nitrogen and oxygen atoms in total. The van der Waals surface area contributed by atoms with E-state index in [1.165, 1.54) is 16.6 Å². The summed E-state index contributed by atoms with van der Waals surface area (Å²) >= 11 is 7.45. The molecule has 0 saturated carbocycles. The lowest BCUT2D eigenvalue weighted by Crippen LogP contribution is -2.27. The molecule has 0 aliphatic carbocycles. The van der Waals surface area contributed by atoms with Gasteiger partial charge in [0.1, 0.15) is 0 Å². The Balaban J connectivity index is 1.75. The van der Waals surface area contributed by atoms with Gasteiger partial charge < -0.3 is 5.32 Å². The van der Waals surface area contributed by atoms with E-state index in [1.54, 1.807) is 24.3 Å². The highest BCUT2D eigenvalue weighted by molar-refractivity contribution is 7.99. The molecule has 0 aliphatic rings. The fourth-order valence-corrected chi connectivity index (χ4v) is 3.63. The number of anilines is 1. The SMILES string of the molecule is CC[C@H](C(=O)Nc1ccccc1SCCC#N)n1nnc(-c2ccc(Cl)cc2)n1. The number of carbonyl (C=O) groups is 1. The summed E-state index contributed by atoms with van der Waals surface area (Å²) in [6.45, 7) is 1.89. The maximum atomic E-state index is 12.9. The van der Waals surface area contributed by atoms with Crippen molar-refractivity contribution in [2.45, 2.75) is 30.7 Å². The Hall–Kier alpha value is -2.89. The highest BCUT2D eigenvalue weighted by Crippen LogP contribution is 2.28. The van der Waals surface area contributed by atoms with Gasteiger partial charge in [-0.15, -0.1) is 22.0 Å². The van der Waals surface area contributed by atoms with E-state index in [0.29, 0.717) is 35.1 Å². The monoisotopic (exact) mass is 426 g/mol. The summed E-state index contributed by atoms with van der Waals surface area (Å²) in [4.78, 5) is 15.2. The van der Waals surface area contributed by atoms with Crippen molar-refractivity contribution in [1.29, 1.82) is 5.26 Å². The van der Waals surface area contributed by atoms with E-state index < -0.39 is 6.04 Å². The van der Waals surface area contributed by atoms with Crippen LogP contribution >= 0.6 is 23.4 Å². The molecule has 0 aliphatic heterocycles. The first-order valence-corrected chi connectivity index (χ1v) is 10.4. The standard InChI is InChI=1S/C20H19ClN6OS/c1-2-17(27-25-19(24-26-27)14-8-10-15(21)11-9-14)20(28)23-16-6-3-4-7-18(16)29-13-5-12-22/h3-4,6-11,17H,2,5,13H2,1H3,(H,23,28)/t17-/m1/s1. The molecular formula is C20H19ClN6OS. The average molecular weight is 427 g/mol. The van der Waals surface area contributed by atoms with Gasteiger partial charge in [0, 0.05) is 27.7 Å². The first-order valence-electron chi connectivity index (χ1n) is 9.07. The number of rotatable bonds is 8. The lowest BCUT2D eigenvalue weighted by atomic mass is 10.2. The molecule has 148 valence electrons. The molecule has 3 rings (SSSR count). The third kappa shape index (κ3) is 5.34. The molecule has 0 spiro atoms. The molecule has 1 N–H and O–H groups in total. The molecule has 0 unspecified atom stereocenters. The zero-order valence-corrected chi connectivity index (χ0v) is 17.3. The Kier molecular flexibility index (Phi) is 7.22. The van der Waals surface area contributed by atoms with Gasteiger partial charge in [0.15, 0.2) is 6.04 Å². The number of halogens is 1. The van der Waals surface area contributed by atoms with Crippen molar-refractivity contribution in [2.24, 2.45) is 0 Å². The summed E-state index contributed by atoms with van der Waals surface area (Å²) in [7, 11) is 0. The third-order valence-electron chi connectivity index (χ3n) is 4.12. The Morgan fingerprint density at radius 3 is 2.76 bits per heavy atom. The van der Waals surface area contributed by atoms with Gasteiger partial charge in [0.25, 0.3) is 5.91 Å². The van der Waals surface area contributed by atoms with E-state index in [0.717, 1.165) is 10.5 Å². The summed E-state index contributed by atoms with van der Waals surface area (Å²) in [5.41, 5.74) is 1.48. The molecule has 1 amide bonds. The summed E-state index contributed by atoms with van der Waals surface area (Å²) in [6, 6.07) is 16.2. The lowest BCUT2D eigenvalue weighted by molar-refractivity contribution is -0.120. The molecule has 1 heterocycles. The molecule has 0 radical (unpaired) electrons. The van der Waals surface area contributed by atoms with Gasteiger partial charge in [-0.3, -0.25) is 4.79 Å². The minimum Gasteiger partial charge on any atom is -0.323 e. The third-order valence-corrected chi connectivity index (χ3v) is 5.44. The van der Waals surface area contributed by atoms with Crippen molar-refractivity contribution in [3.05, 3.63) is 53.6 Å². The molecule has 0 saturated heterocycles. The molecule has 3 aromatic rings. The van der Waals surface area contributed by atoms with Crippen LogP contribution in [-0.4, -0.2) is 31.9 Å². The molecule has 0 fully saturated rings. The fourth-order valence-electron chi connectivity index (χ4n) is 2.64. The van der Waals surface area contributed by atoms with E-state index in [9.17, 15) is 4.79 Å². The first-order chi connectivity index (χ1) is 14.1. The van der Waals surface area contributed by atoms with Crippen LogP contribution in [0.4, 0.5) is 5.69 Å². The number of nitriles is 1. The number of hydrogen-bond acceptors (Lipinski definition) is 6. The van der Waals surface area contributed by atoms with Crippen LogP contribution in [0, 0.1) is 11.3 Å². The van der Waals surface area contributed by atoms with Crippen LogP contribution in [0.1, 0.15) is 25.8 Å². The maximum Gasteiger partial charge on any atom is 0.251 e. The molecular weight excluding hydrogens is 408 g/mol. The number of tetrazole rings is 1. The number of hydrogen-bond donors (Lipinski definition) is 1. The van der Waals surface area contributed by atoms with E-state index in [4.69, 9.17) is 16.9 Å². The highest BCUT2D eigenvalue weighted by Gasteiger charge is 2.23. The molecule has 9 heteroatoms. The largest absolute Gasteiger partial charge is 0.323 e.